The van der Waals surface area contributed by atoms with E-state index in [-0.39, 0.29) is 10.7 Å². The number of nitrogens with one attached hydrogen (secondary N) is 1. The number of aromatic nitrogens is 1. The number of benzene rings is 1. The number of ether oxygens (including phenoxy) is 1. The summed E-state index contributed by atoms with van der Waals surface area (Å²) in [5, 5.41) is 2.75. The van der Waals surface area contributed by atoms with Crippen molar-refractivity contribution in [2.75, 3.05) is 11.9 Å². The fourth-order valence-corrected chi connectivity index (χ4v) is 2.00. The van der Waals surface area contributed by atoms with Crippen LogP contribution in [0, 0.1) is 13.8 Å². The van der Waals surface area contributed by atoms with Crippen molar-refractivity contribution >= 4 is 29.2 Å². The van der Waals surface area contributed by atoms with Gasteiger partial charge in [0.15, 0.2) is 6.61 Å². The van der Waals surface area contributed by atoms with Crippen molar-refractivity contribution < 1.29 is 14.3 Å². The lowest BCUT2D eigenvalue weighted by Gasteiger charge is -2.10. The molecule has 5 nitrogen and oxygen atoms in total. The van der Waals surface area contributed by atoms with Gasteiger partial charge >= 0.3 is 5.97 Å². The molecule has 22 heavy (non-hydrogen) atoms. The zero-order valence-corrected chi connectivity index (χ0v) is 13.0. The van der Waals surface area contributed by atoms with E-state index in [9.17, 15) is 9.59 Å². The van der Waals surface area contributed by atoms with E-state index in [4.69, 9.17) is 16.3 Å². The lowest BCUT2D eigenvalue weighted by molar-refractivity contribution is -0.119. The van der Waals surface area contributed by atoms with Crippen LogP contribution in [0.1, 0.15) is 21.5 Å². The number of halogens is 1. The minimum absolute atomic E-state index is 0.0439. The summed E-state index contributed by atoms with van der Waals surface area (Å²) in [4.78, 5) is 27.5. The maximum absolute atomic E-state index is 11.9. The van der Waals surface area contributed by atoms with Crippen LogP contribution in [0.15, 0.2) is 36.5 Å². The molecule has 1 aromatic heterocycles. The van der Waals surface area contributed by atoms with Crippen LogP contribution in [-0.2, 0) is 9.53 Å². The number of esters is 1. The molecule has 1 aromatic carbocycles. The van der Waals surface area contributed by atoms with Gasteiger partial charge in [0.1, 0.15) is 5.15 Å². The summed E-state index contributed by atoms with van der Waals surface area (Å²) in [5.74, 6) is -1.10. The van der Waals surface area contributed by atoms with Crippen molar-refractivity contribution in [3.8, 4) is 0 Å². The normalized spacial score (nSPS) is 10.1. The number of carbonyl (C=O) groups excluding carboxylic acids is 2. The molecular weight excluding hydrogens is 304 g/mol. The Morgan fingerprint density at radius 2 is 2.05 bits per heavy atom. The monoisotopic (exact) mass is 318 g/mol. The van der Waals surface area contributed by atoms with E-state index in [0.717, 1.165) is 11.1 Å². The Bertz CT molecular complexity index is 716. The minimum atomic E-state index is -0.686. The summed E-state index contributed by atoms with van der Waals surface area (Å²) in [6, 6.07) is 8.77. The second-order valence-corrected chi connectivity index (χ2v) is 5.14. The summed E-state index contributed by atoms with van der Waals surface area (Å²) >= 11 is 5.79. The van der Waals surface area contributed by atoms with Gasteiger partial charge in [0.2, 0.25) is 0 Å². The van der Waals surface area contributed by atoms with Crippen LogP contribution in [0.3, 0.4) is 0 Å². The van der Waals surface area contributed by atoms with Crippen LogP contribution in [0.2, 0.25) is 5.15 Å². The minimum Gasteiger partial charge on any atom is -0.452 e. The molecule has 0 spiro atoms. The van der Waals surface area contributed by atoms with Gasteiger partial charge < -0.3 is 10.1 Å². The molecule has 114 valence electrons. The van der Waals surface area contributed by atoms with Crippen LogP contribution in [0.4, 0.5) is 5.69 Å². The van der Waals surface area contributed by atoms with E-state index in [0.29, 0.717) is 5.69 Å². The van der Waals surface area contributed by atoms with Gasteiger partial charge in [-0.1, -0.05) is 23.7 Å². The average molecular weight is 319 g/mol. The summed E-state index contributed by atoms with van der Waals surface area (Å²) < 4.78 is 4.94. The third-order valence-corrected chi connectivity index (χ3v) is 3.28. The SMILES string of the molecule is Cc1ccc(C)c(NC(=O)COC(=O)c2cccnc2Cl)c1. The van der Waals surface area contributed by atoms with Crippen LogP contribution < -0.4 is 5.32 Å². The zero-order chi connectivity index (χ0) is 16.1. The van der Waals surface area contributed by atoms with Crippen LogP contribution >= 0.6 is 11.6 Å². The van der Waals surface area contributed by atoms with Crippen LogP contribution in [0.25, 0.3) is 0 Å². The third kappa shape index (κ3) is 4.05. The molecule has 0 aliphatic carbocycles. The van der Waals surface area contributed by atoms with Gasteiger partial charge in [0.25, 0.3) is 5.91 Å². The molecule has 6 heteroatoms. The smallest absolute Gasteiger partial charge is 0.341 e. The topological polar surface area (TPSA) is 68.3 Å². The molecule has 0 radical (unpaired) electrons. The van der Waals surface area contributed by atoms with E-state index in [1.165, 1.54) is 12.3 Å². The molecular formula is C16H15ClN2O3. The van der Waals surface area contributed by atoms with Crippen molar-refractivity contribution in [1.29, 1.82) is 0 Å². The number of amides is 1. The Labute approximate surface area is 133 Å². The Balaban J connectivity index is 1.94. The second kappa shape index (κ2) is 7.04. The predicted octanol–water partition coefficient (Wildman–Crippen LogP) is 3.15. The molecule has 0 atom stereocenters. The lowest BCUT2D eigenvalue weighted by Crippen LogP contribution is -2.21. The molecule has 2 aromatic rings. The molecule has 1 heterocycles. The van der Waals surface area contributed by atoms with E-state index in [2.05, 4.69) is 10.3 Å². The van der Waals surface area contributed by atoms with Gasteiger partial charge in [-0.3, -0.25) is 4.79 Å². The summed E-state index contributed by atoms with van der Waals surface area (Å²) in [6.45, 7) is 3.42. The second-order valence-electron chi connectivity index (χ2n) is 4.78. The Hall–Kier alpha value is -2.40. The van der Waals surface area contributed by atoms with Gasteiger partial charge in [-0.15, -0.1) is 0 Å². The standard InChI is InChI=1S/C16H15ClN2O3/c1-10-5-6-11(2)13(8-10)19-14(20)9-22-16(21)12-4-3-7-18-15(12)17/h3-8H,9H2,1-2H3,(H,19,20). The first-order chi connectivity index (χ1) is 10.5. The zero-order valence-electron chi connectivity index (χ0n) is 12.2. The first-order valence-electron chi connectivity index (χ1n) is 6.62. The number of anilines is 1. The summed E-state index contributed by atoms with van der Waals surface area (Å²) in [7, 11) is 0. The highest BCUT2D eigenvalue weighted by Crippen LogP contribution is 2.16. The molecule has 1 N–H and O–H groups in total. The first kappa shape index (κ1) is 16.0. The van der Waals surface area contributed by atoms with Crippen molar-refractivity contribution in [1.82, 2.24) is 4.98 Å². The van der Waals surface area contributed by atoms with Crippen molar-refractivity contribution in [2.45, 2.75) is 13.8 Å². The maximum atomic E-state index is 11.9. The number of carbonyl (C=O) groups is 2. The first-order valence-corrected chi connectivity index (χ1v) is 7.00. The number of aryl methyl sites for hydroxylation is 2. The summed E-state index contributed by atoms with van der Waals surface area (Å²) in [6.07, 6.45) is 1.46. The number of hydrogen-bond acceptors (Lipinski definition) is 4. The molecule has 0 saturated carbocycles. The third-order valence-electron chi connectivity index (χ3n) is 2.98. The van der Waals surface area contributed by atoms with Crippen LogP contribution in [0.5, 0.6) is 0 Å². The van der Waals surface area contributed by atoms with Crippen molar-refractivity contribution in [2.24, 2.45) is 0 Å². The van der Waals surface area contributed by atoms with E-state index < -0.39 is 18.5 Å². The number of hydrogen-bond donors (Lipinski definition) is 1. The van der Waals surface area contributed by atoms with Gasteiger partial charge in [-0.25, -0.2) is 9.78 Å². The van der Waals surface area contributed by atoms with Crippen molar-refractivity contribution in [3.63, 3.8) is 0 Å². The molecule has 1 amide bonds. The fourth-order valence-electron chi connectivity index (χ4n) is 1.80. The Morgan fingerprint density at radius 3 is 2.77 bits per heavy atom. The number of pyridine rings is 1. The van der Waals surface area contributed by atoms with E-state index >= 15 is 0 Å². The number of nitrogens with zero attached hydrogens (tertiary/aromatic N) is 1. The molecule has 0 aliphatic heterocycles. The van der Waals surface area contributed by atoms with Gasteiger partial charge in [-0.05, 0) is 43.2 Å². The highest BCUT2D eigenvalue weighted by molar-refractivity contribution is 6.32. The maximum Gasteiger partial charge on any atom is 0.341 e. The molecule has 0 aliphatic rings. The van der Waals surface area contributed by atoms with Gasteiger partial charge in [0, 0.05) is 11.9 Å². The quantitative estimate of drug-likeness (QED) is 0.694. The highest BCUT2D eigenvalue weighted by atomic mass is 35.5. The van der Waals surface area contributed by atoms with Crippen LogP contribution in [-0.4, -0.2) is 23.5 Å². The van der Waals surface area contributed by atoms with Crippen molar-refractivity contribution in [3.05, 3.63) is 58.4 Å². The Kier molecular flexibility index (Phi) is 5.12. The molecule has 0 bridgehead atoms. The van der Waals surface area contributed by atoms with Gasteiger partial charge in [-0.2, -0.15) is 0 Å². The number of rotatable bonds is 4. The lowest BCUT2D eigenvalue weighted by atomic mass is 10.1. The Morgan fingerprint density at radius 1 is 1.27 bits per heavy atom. The predicted molar refractivity (Wildman–Crippen MR) is 84.1 cm³/mol. The molecule has 2 rings (SSSR count). The molecule has 0 saturated heterocycles. The molecule has 0 unspecified atom stereocenters. The largest absolute Gasteiger partial charge is 0.452 e. The summed E-state index contributed by atoms with van der Waals surface area (Å²) in [5.41, 5.74) is 2.78. The highest BCUT2D eigenvalue weighted by Gasteiger charge is 2.14. The van der Waals surface area contributed by atoms with Gasteiger partial charge in [0.05, 0.1) is 5.56 Å². The van der Waals surface area contributed by atoms with E-state index in [1.54, 1.807) is 6.07 Å². The fraction of sp³-hybridized carbons (Fsp3) is 0.188. The van der Waals surface area contributed by atoms with E-state index in [1.807, 2.05) is 32.0 Å². The average Bonchev–Trinajstić information content (AvgIpc) is 2.49. The molecule has 0 fully saturated rings.